The second-order valence-corrected chi connectivity index (χ2v) is 9.23. The van der Waals surface area contributed by atoms with Gasteiger partial charge in [0.05, 0.1) is 16.7 Å². The van der Waals surface area contributed by atoms with Crippen LogP contribution < -0.4 is 5.32 Å². The molecule has 2 aromatic carbocycles. The van der Waals surface area contributed by atoms with E-state index in [9.17, 15) is 17.6 Å². The van der Waals surface area contributed by atoms with Gasteiger partial charge in [-0.1, -0.05) is 29.8 Å². The van der Waals surface area contributed by atoms with Gasteiger partial charge in [-0.15, -0.1) is 11.8 Å². The minimum absolute atomic E-state index is 0.163. The molecule has 0 fully saturated rings. The highest BCUT2D eigenvalue weighted by atomic mass is 35.5. The van der Waals surface area contributed by atoms with E-state index in [-0.39, 0.29) is 28.4 Å². The standard InChI is InChI=1S/C18H19ClFNO3S2/c1-12(13-6-8-14(9-7-13)26(2,23)24)21-18(22)11-25-10-15-16(19)4-3-5-17(15)20/h3-9,12H,10-11H2,1-2H3,(H,21,22)/t12-/m0/s1. The molecule has 1 N–H and O–H groups in total. The maximum Gasteiger partial charge on any atom is 0.230 e. The highest BCUT2D eigenvalue weighted by Crippen LogP contribution is 2.24. The number of sulfone groups is 1. The third-order valence-corrected chi connectivity index (χ3v) is 6.17. The minimum Gasteiger partial charge on any atom is -0.349 e. The van der Waals surface area contributed by atoms with Gasteiger partial charge in [-0.3, -0.25) is 4.79 Å². The second-order valence-electron chi connectivity index (χ2n) is 5.82. The molecule has 2 rings (SSSR count). The summed E-state index contributed by atoms with van der Waals surface area (Å²) in [6.07, 6.45) is 1.15. The molecule has 0 aliphatic rings. The first-order valence-corrected chi connectivity index (χ1v) is 11.2. The molecule has 1 atom stereocenters. The van der Waals surface area contributed by atoms with Gasteiger partial charge in [-0.2, -0.15) is 0 Å². The van der Waals surface area contributed by atoms with Crippen LogP contribution in [-0.2, 0) is 20.4 Å². The maximum absolute atomic E-state index is 13.7. The Morgan fingerprint density at radius 2 is 1.88 bits per heavy atom. The molecule has 0 aromatic heterocycles. The lowest BCUT2D eigenvalue weighted by Crippen LogP contribution is -2.28. The lowest BCUT2D eigenvalue weighted by Gasteiger charge is -2.15. The Morgan fingerprint density at radius 3 is 2.46 bits per heavy atom. The topological polar surface area (TPSA) is 63.2 Å². The molecule has 140 valence electrons. The van der Waals surface area contributed by atoms with Crippen LogP contribution in [-0.4, -0.2) is 26.3 Å². The summed E-state index contributed by atoms with van der Waals surface area (Å²) in [5.74, 6) is -0.112. The maximum atomic E-state index is 13.7. The van der Waals surface area contributed by atoms with Crippen LogP contribution in [0.2, 0.25) is 5.02 Å². The predicted octanol–water partition coefficient (Wildman–Crippen LogP) is 3.99. The first-order valence-electron chi connectivity index (χ1n) is 7.78. The highest BCUT2D eigenvalue weighted by Gasteiger charge is 2.13. The Hall–Kier alpha value is -1.57. The number of nitrogens with one attached hydrogen (secondary N) is 1. The number of thioether (sulfide) groups is 1. The van der Waals surface area contributed by atoms with Crippen molar-refractivity contribution >= 4 is 39.1 Å². The summed E-state index contributed by atoms with van der Waals surface area (Å²) in [5, 5.41) is 3.18. The SMILES string of the molecule is C[C@H](NC(=O)CSCc1c(F)cccc1Cl)c1ccc(S(C)(=O)=O)cc1. The molecule has 0 spiro atoms. The number of hydrogen-bond donors (Lipinski definition) is 1. The zero-order valence-electron chi connectivity index (χ0n) is 14.3. The van der Waals surface area contributed by atoms with Crippen LogP contribution in [0.3, 0.4) is 0 Å². The second kappa shape index (κ2) is 8.88. The van der Waals surface area contributed by atoms with Crippen LogP contribution in [0.1, 0.15) is 24.1 Å². The summed E-state index contributed by atoms with van der Waals surface area (Å²) in [5.41, 5.74) is 1.18. The Bertz CT molecular complexity index is 866. The van der Waals surface area contributed by atoms with Gasteiger partial charge in [0.25, 0.3) is 0 Å². The minimum atomic E-state index is -3.25. The average Bonchev–Trinajstić information content (AvgIpc) is 2.57. The fourth-order valence-electron chi connectivity index (χ4n) is 2.29. The third kappa shape index (κ3) is 5.72. The van der Waals surface area contributed by atoms with E-state index in [1.807, 2.05) is 6.92 Å². The number of hydrogen-bond acceptors (Lipinski definition) is 4. The predicted molar refractivity (Wildman–Crippen MR) is 104 cm³/mol. The molecule has 0 saturated heterocycles. The van der Waals surface area contributed by atoms with Crippen molar-refractivity contribution in [1.82, 2.24) is 5.32 Å². The van der Waals surface area contributed by atoms with E-state index in [1.54, 1.807) is 18.2 Å². The first kappa shape index (κ1) is 20.7. The fourth-order valence-corrected chi connectivity index (χ4v) is 4.09. The molecule has 0 heterocycles. The fraction of sp³-hybridized carbons (Fsp3) is 0.278. The summed E-state index contributed by atoms with van der Waals surface area (Å²) in [6, 6.07) is 10.6. The Morgan fingerprint density at radius 1 is 1.23 bits per heavy atom. The quantitative estimate of drug-likeness (QED) is 0.742. The van der Waals surface area contributed by atoms with Gasteiger partial charge in [0.1, 0.15) is 5.82 Å². The molecule has 0 aliphatic carbocycles. The Labute approximate surface area is 162 Å². The zero-order chi connectivity index (χ0) is 19.3. The molecule has 0 bridgehead atoms. The molecule has 26 heavy (non-hydrogen) atoms. The first-order chi connectivity index (χ1) is 12.2. The number of carbonyl (C=O) groups excluding carboxylic acids is 1. The summed E-state index contributed by atoms with van der Waals surface area (Å²) >= 11 is 7.23. The number of benzene rings is 2. The van der Waals surface area contributed by atoms with Crippen LogP contribution >= 0.6 is 23.4 Å². The molecular weight excluding hydrogens is 397 g/mol. The van der Waals surface area contributed by atoms with Crippen molar-refractivity contribution in [1.29, 1.82) is 0 Å². The van der Waals surface area contributed by atoms with Gasteiger partial charge in [0.2, 0.25) is 5.91 Å². The summed E-state index contributed by atoms with van der Waals surface area (Å²) in [4.78, 5) is 12.3. The van der Waals surface area contributed by atoms with E-state index in [0.29, 0.717) is 16.3 Å². The molecule has 2 aromatic rings. The van der Waals surface area contributed by atoms with Gasteiger partial charge in [-0.25, -0.2) is 12.8 Å². The van der Waals surface area contributed by atoms with Crippen LogP contribution in [0.25, 0.3) is 0 Å². The largest absolute Gasteiger partial charge is 0.349 e. The van der Waals surface area contributed by atoms with E-state index >= 15 is 0 Å². The van der Waals surface area contributed by atoms with Crippen molar-refractivity contribution in [3.8, 4) is 0 Å². The van der Waals surface area contributed by atoms with Crippen molar-refractivity contribution in [2.75, 3.05) is 12.0 Å². The van der Waals surface area contributed by atoms with Gasteiger partial charge in [0, 0.05) is 22.6 Å². The zero-order valence-corrected chi connectivity index (χ0v) is 16.7. The smallest absolute Gasteiger partial charge is 0.230 e. The lowest BCUT2D eigenvalue weighted by molar-refractivity contribution is -0.119. The van der Waals surface area contributed by atoms with Crippen LogP contribution in [0.15, 0.2) is 47.4 Å². The molecule has 0 radical (unpaired) electrons. The van der Waals surface area contributed by atoms with Gasteiger partial charge < -0.3 is 5.32 Å². The number of rotatable bonds is 7. The van der Waals surface area contributed by atoms with E-state index in [2.05, 4.69) is 5.32 Å². The van der Waals surface area contributed by atoms with Gasteiger partial charge >= 0.3 is 0 Å². The van der Waals surface area contributed by atoms with Crippen LogP contribution in [0.4, 0.5) is 4.39 Å². The molecule has 0 saturated carbocycles. The van der Waals surface area contributed by atoms with Crippen molar-refractivity contribution in [3.05, 3.63) is 64.4 Å². The molecule has 4 nitrogen and oxygen atoms in total. The van der Waals surface area contributed by atoms with Crippen molar-refractivity contribution < 1.29 is 17.6 Å². The van der Waals surface area contributed by atoms with E-state index in [1.165, 1.54) is 36.0 Å². The monoisotopic (exact) mass is 415 g/mol. The Balaban J connectivity index is 1.87. The average molecular weight is 416 g/mol. The summed E-state index contributed by atoms with van der Waals surface area (Å²) < 4.78 is 36.6. The van der Waals surface area contributed by atoms with Crippen LogP contribution in [0.5, 0.6) is 0 Å². The van der Waals surface area contributed by atoms with Crippen LogP contribution in [0, 0.1) is 5.82 Å². The highest BCUT2D eigenvalue weighted by molar-refractivity contribution is 7.99. The van der Waals surface area contributed by atoms with Crippen molar-refractivity contribution in [2.24, 2.45) is 0 Å². The molecular formula is C18H19ClFNO3S2. The number of amides is 1. The van der Waals surface area contributed by atoms with E-state index in [4.69, 9.17) is 11.6 Å². The van der Waals surface area contributed by atoms with Gasteiger partial charge in [0.15, 0.2) is 9.84 Å². The molecule has 1 amide bonds. The molecule has 0 aliphatic heterocycles. The Kier molecular flexibility index (Phi) is 7.08. The number of carbonyl (C=O) groups is 1. The molecule has 8 heteroatoms. The lowest BCUT2D eigenvalue weighted by atomic mass is 10.1. The molecule has 0 unspecified atom stereocenters. The summed E-state index contributed by atoms with van der Waals surface area (Å²) in [6.45, 7) is 1.81. The van der Waals surface area contributed by atoms with E-state index in [0.717, 1.165) is 11.8 Å². The van der Waals surface area contributed by atoms with Gasteiger partial charge in [-0.05, 0) is 36.8 Å². The van der Waals surface area contributed by atoms with E-state index < -0.39 is 9.84 Å². The van der Waals surface area contributed by atoms with Crippen molar-refractivity contribution in [2.45, 2.75) is 23.6 Å². The summed E-state index contributed by atoms with van der Waals surface area (Å²) in [7, 11) is -3.25. The van der Waals surface area contributed by atoms with Crippen molar-refractivity contribution in [3.63, 3.8) is 0 Å². The normalized spacial score (nSPS) is 12.6. The number of halogens is 2. The third-order valence-electron chi connectivity index (χ3n) is 3.73.